The Morgan fingerprint density at radius 3 is 2.48 bits per heavy atom. The molecule has 4 aromatic rings. The quantitative estimate of drug-likeness (QED) is 0.381. The molecule has 4 rings (SSSR count). The zero-order valence-electron chi connectivity index (χ0n) is 15.8. The highest BCUT2D eigenvalue weighted by Crippen LogP contribution is 2.37. The number of aliphatic carboxylic acids is 1. The lowest BCUT2D eigenvalue weighted by atomic mass is 9.92. The van der Waals surface area contributed by atoms with Crippen LogP contribution in [0.15, 0.2) is 72.9 Å². The second kappa shape index (κ2) is 7.94. The maximum Gasteiger partial charge on any atom is 0.323 e. The first-order valence-electron chi connectivity index (χ1n) is 9.29. The van der Waals surface area contributed by atoms with Gasteiger partial charge >= 0.3 is 5.97 Å². The van der Waals surface area contributed by atoms with Gasteiger partial charge in [-0.2, -0.15) is 0 Å². The van der Waals surface area contributed by atoms with Crippen molar-refractivity contribution in [3.05, 3.63) is 94.1 Å². The van der Waals surface area contributed by atoms with E-state index in [9.17, 15) is 9.90 Å². The summed E-state index contributed by atoms with van der Waals surface area (Å²) in [6.45, 7) is 2.05. The molecule has 146 valence electrons. The van der Waals surface area contributed by atoms with Crippen molar-refractivity contribution in [2.45, 2.75) is 19.4 Å². The van der Waals surface area contributed by atoms with Gasteiger partial charge in [0.1, 0.15) is 6.54 Å². The number of carboxylic acids is 1. The highest BCUT2D eigenvalue weighted by Gasteiger charge is 2.18. The first-order chi connectivity index (χ1) is 13.9. The predicted molar refractivity (Wildman–Crippen MR) is 119 cm³/mol. The Balaban J connectivity index is 1.90. The monoisotopic (exact) mass is 423 g/mol. The molecule has 0 amide bonds. The van der Waals surface area contributed by atoms with Crippen molar-refractivity contribution in [1.82, 2.24) is 4.57 Å². The Bertz CT molecular complexity index is 1200. The highest BCUT2D eigenvalue weighted by atomic mass is 35.5. The van der Waals surface area contributed by atoms with E-state index in [-0.39, 0.29) is 12.5 Å². The number of nitrogens with zero attached hydrogens (tertiary/aromatic N) is 1. The third-order valence-electron chi connectivity index (χ3n) is 5.23. The number of aromatic nitrogens is 1. The van der Waals surface area contributed by atoms with E-state index >= 15 is 0 Å². The Hall–Kier alpha value is -2.75. The van der Waals surface area contributed by atoms with E-state index in [4.69, 9.17) is 23.2 Å². The van der Waals surface area contributed by atoms with Crippen LogP contribution in [0.25, 0.3) is 22.0 Å². The first-order valence-corrected chi connectivity index (χ1v) is 10.0. The molecule has 3 nitrogen and oxygen atoms in total. The summed E-state index contributed by atoms with van der Waals surface area (Å²) in [6, 6.07) is 21.6. The Morgan fingerprint density at radius 2 is 1.79 bits per heavy atom. The second-order valence-electron chi connectivity index (χ2n) is 7.09. The van der Waals surface area contributed by atoms with Crippen LogP contribution in [-0.4, -0.2) is 15.6 Å². The molecule has 0 saturated heterocycles. The van der Waals surface area contributed by atoms with Crippen LogP contribution in [0.2, 0.25) is 10.0 Å². The van der Waals surface area contributed by atoms with Gasteiger partial charge in [-0.15, -0.1) is 0 Å². The van der Waals surface area contributed by atoms with Gasteiger partial charge < -0.3 is 9.67 Å². The van der Waals surface area contributed by atoms with Crippen molar-refractivity contribution in [2.75, 3.05) is 0 Å². The van der Waals surface area contributed by atoms with Crippen LogP contribution in [-0.2, 0) is 11.3 Å². The molecule has 0 aliphatic heterocycles. The summed E-state index contributed by atoms with van der Waals surface area (Å²) >= 11 is 12.5. The fraction of sp³-hybridized carbons (Fsp3) is 0.125. The smallest absolute Gasteiger partial charge is 0.323 e. The largest absolute Gasteiger partial charge is 0.480 e. The van der Waals surface area contributed by atoms with Crippen molar-refractivity contribution < 1.29 is 9.90 Å². The van der Waals surface area contributed by atoms with Gasteiger partial charge in [0.25, 0.3) is 0 Å². The average Bonchev–Trinajstić information content (AvgIpc) is 3.05. The zero-order valence-corrected chi connectivity index (χ0v) is 17.3. The van der Waals surface area contributed by atoms with Crippen molar-refractivity contribution in [3.8, 4) is 11.1 Å². The SMILES string of the molecule is CC(c1ccccc1)c1cn(CC(=O)O)c2ccc(-c3ccc(Cl)cc3Cl)cc12. The van der Waals surface area contributed by atoms with Crippen LogP contribution in [0, 0.1) is 0 Å². The van der Waals surface area contributed by atoms with E-state index < -0.39 is 5.97 Å². The van der Waals surface area contributed by atoms with Crippen LogP contribution in [0.1, 0.15) is 24.0 Å². The lowest BCUT2D eigenvalue weighted by molar-refractivity contribution is -0.137. The summed E-state index contributed by atoms with van der Waals surface area (Å²) in [5.74, 6) is -0.754. The molecular formula is C24H19Cl2NO2. The van der Waals surface area contributed by atoms with Crippen molar-refractivity contribution in [3.63, 3.8) is 0 Å². The number of rotatable bonds is 5. The minimum Gasteiger partial charge on any atom is -0.480 e. The number of hydrogen-bond donors (Lipinski definition) is 1. The van der Waals surface area contributed by atoms with Crippen molar-refractivity contribution >= 4 is 40.1 Å². The highest BCUT2D eigenvalue weighted by molar-refractivity contribution is 6.36. The molecule has 0 radical (unpaired) electrons. The molecule has 1 unspecified atom stereocenters. The molecule has 29 heavy (non-hydrogen) atoms. The maximum atomic E-state index is 11.4. The topological polar surface area (TPSA) is 42.2 Å². The Morgan fingerprint density at radius 1 is 1.03 bits per heavy atom. The van der Waals surface area contributed by atoms with Gasteiger partial charge in [0.05, 0.1) is 0 Å². The lowest BCUT2D eigenvalue weighted by Gasteiger charge is -2.12. The molecule has 1 atom stereocenters. The molecule has 5 heteroatoms. The second-order valence-corrected chi connectivity index (χ2v) is 7.94. The van der Waals surface area contributed by atoms with E-state index in [0.717, 1.165) is 27.6 Å². The van der Waals surface area contributed by atoms with Gasteiger partial charge in [-0.25, -0.2) is 0 Å². The van der Waals surface area contributed by atoms with Crippen molar-refractivity contribution in [2.24, 2.45) is 0 Å². The molecule has 0 saturated carbocycles. The summed E-state index contributed by atoms with van der Waals surface area (Å²) in [4.78, 5) is 11.4. The van der Waals surface area contributed by atoms with Crippen LogP contribution in [0.4, 0.5) is 0 Å². The zero-order chi connectivity index (χ0) is 20.5. The van der Waals surface area contributed by atoms with Gasteiger partial charge in [-0.05, 0) is 41.0 Å². The van der Waals surface area contributed by atoms with Gasteiger partial charge in [0, 0.05) is 38.6 Å². The fourth-order valence-corrected chi connectivity index (χ4v) is 4.28. The minimum atomic E-state index is -0.870. The molecule has 3 aromatic carbocycles. The third-order valence-corrected chi connectivity index (χ3v) is 5.77. The molecule has 0 aliphatic carbocycles. The van der Waals surface area contributed by atoms with Crippen LogP contribution in [0.3, 0.4) is 0 Å². The third kappa shape index (κ3) is 3.89. The molecule has 1 aromatic heterocycles. The van der Waals surface area contributed by atoms with Crippen molar-refractivity contribution in [1.29, 1.82) is 0 Å². The van der Waals surface area contributed by atoms with Crippen LogP contribution >= 0.6 is 23.2 Å². The summed E-state index contributed by atoms with van der Waals surface area (Å²) < 4.78 is 1.79. The van der Waals surface area contributed by atoms with Gasteiger partial charge in [0.2, 0.25) is 0 Å². The normalized spacial score (nSPS) is 12.2. The molecule has 0 fully saturated rings. The summed E-state index contributed by atoms with van der Waals surface area (Å²) in [6.07, 6.45) is 1.95. The van der Waals surface area contributed by atoms with Crippen LogP contribution in [0.5, 0.6) is 0 Å². The average molecular weight is 424 g/mol. The first kappa shape index (κ1) is 19.6. The van der Waals surface area contributed by atoms with E-state index in [1.54, 1.807) is 10.6 Å². The molecular weight excluding hydrogens is 405 g/mol. The van der Waals surface area contributed by atoms with E-state index in [1.807, 2.05) is 48.7 Å². The van der Waals surface area contributed by atoms with Gasteiger partial charge in [-0.3, -0.25) is 4.79 Å². The standard InChI is InChI=1S/C24H19Cl2NO2/c1-15(16-5-3-2-4-6-16)21-13-27(14-24(28)29)23-10-7-17(11-20(21)23)19-9-8-18(25)12-22(19)26/h2-13,15H,14H2,1H3,(H,28,29). The predicted octanol–water partition coefficient (Wildman–Crippen LogP) is 6.85. The van der Waals surface area contributed by atoms with E-state index in [0.29, 0.717) is 10.0 Å². The molecule has 0 spiro atoms. The van der Waals surface area contributed by atoms with Crippen LogP contribution < -0.4 is 0 Å². The number of fused-ring (bicyclic) bond motifs is 1. The lowest BCUT2D eigenvalue weighted by Crippen LogP contribution is -2.07. The number of carbonyl (C=O) groups is 1. The fourth-order valence-electron chi connectivity index (χ4n) is 3.76. The van der Waals surface area contributed by atoms with E-state index in [2.05, 4.69) is 25.1 Å². The maximum absolute atomic E-state index is 11.4. The Kier molecular flexibility index (Phi) is 5.35. The molecule has 1 N–H and O–H groups in total. The number of hydrogen-bond acceptors (Lipinski definition) is 1. The number of carboxylic acid groups (broad SMARTS) is 1. The minimum absolute atomic E-state index is 0.0843. The molecule has 1 heterocycles. The number of benzene rings is 3. The summed E-state index contributed by atoms with van der Waals surface area (Å²) in [7, 11) is 0. The summed E-state index contributed by atoms with van der Waals surface area (Å²) in [5, 5.41) is 11.5. The van der Waals surface area contributed by atoms with Gasteiger partial charge in [0.15, 0.2) is 0 Å². The van der Waals surface area contributed by atoms with Gasteiger partial charge in [-0.1, -0.05) is 72.6 Å². The van der Waals surface area contributed by atoms with E-state index in [1.165, 1.54) is 5.56 Å². The summed E-state index contributed by atoms with van der Waals surface area (Å²) in [5.41, 5.74) is 5.01. The molecule has 0 bridgehead atoms. The molecule has 0 aliphatic rings. The number of halogens is 2. The Labute approximate surface area is 179 Å².